The molecule has 2 saturated carbocycles. The molecule has 2 heterocycles. The highest BCUT2D eigenvalue weighted by atomic mass is 15.2. The molecular weight excluding hydrogens is 474 g/mol. The maximum Gasteiger partial charge on any atom is 0.133 e. The summed E-state index contributed by atoms with van der Waals surface area (Å²) in [5.74, 6) is 3.51. The van der Waals surface area contributed by atoms with Crippen molar-refractivity contribution in [2.45, 2.75) is 104 Å². The molecule has 0 bridgehead atoms. The Morgan fingerprint density at radius 1 is 1.00 bits per heavy atom. The van der Waals surface area contributed by atoms with Crippen molar-refractivity contribution in [1.29, 1.82) is 0 Å². The molecule has 2 aliphatic carbocycles. The number of hydrogen-bond donors (Lipinski definition) is 0. The van der Waals surface area contributed by atoms with Crippen molar-refractivity contribution in [3.8, 4) is 0 Å². The second-order valence-electron chi connectivity index (χ2n) is 12.6. The molecule has 3 aliphatic rings. The van der Waals surface area contributed by atoms with Gasteiger partial charge in [0, 0.05) is 36.1 Å². The van der Waals surface area contributed by atoms with E-state index in [0.29, 0.717) is 23.7 Å². The van der Waals surface area contributed by atoms with E-state index in [1.807, 2.05) is 6.20 Å². The average Bonchev–Trinajstić information content (AvgIpc) is 3.48. The molecular formula is C36H49N3. The van der Waals surface area contributed by atoms with Crippen molar-refractivity contribution in [2.75, 3.05) is 11.4 Å². The normalized spacial score (nSPS) is 22.1. The average molecular weight is 524 g/mol. The van der Waals surface area contributed by atoms with Crippen molar-refractivity contribution < 1.29 is 0 Å². The Hall–Kier alpha value is -2.68. The van der Waals surface area contributed by atoms with E-state index in [1.54, 1.807) is 5.56 Å². The van der Waals surface area contributed by atoms with Crippen molar-refractivity contribution in [2.24, 2.45) is 22.7 Å². The summed E-state index contributed by atoms with van der Waals surface area (Å²) >= 11 is 0. The lowest BCUT2D eigenvalue weighted by molar-refractivity contribution is 0.323. The lowest BCUT2D eigenvalue weighted by atomic mass is 9.77. The number of pyridine rings is 1. The van der Waals surface area contributed by atoms with E-state index in [0.717, 1.165) is 30.9 Å². The van der Waals surface area contributed by atoms with Crippen LogP contribution in [0.15, 0.2) is 59.9 Å². The Morgan fingerprint density at radius 2 is 1.77 bits per heavy atom. The van der Waals surface area contributed by atoms with Crippen LogP contribution in [0.4, 0.5) is 5.82 Å². The largest absolute Gasteiger partial charge is 0.330 e. The molecule has 3 heteroatoms. The van der Waals surface area contributed by atoms with E-state index in [2.05, 4.69) is 69.0 Å². The van der Waals surface area contributed by atoms with Gasteiger partial charge in [0.1, 0.15) is 5.82 Å². The van der Waals surface area contributed by atoms with Crippen LogP contribution in [-0.4, -0.2) is 17.2 Å². The van der Waals surface area contributed by atoms with Gasteiger partial charge in [-0.3, -0.25) is 4.99 Å². The molecule has 2 aromatic rings. The molecule has 0 atom stereocenters. The van der Waals surface area contributed by atoms with Crippen molar-refractivity contribution >= 4 is 17.2 Å². The molecule has 208 valence electrons. The fourth-order valence-electron chi connectivity index (χ4n) is 7.04. The highest BCUT2D eigenvalue weighted by Gasteiger charge is 2.29. The maximum atomic E-state index is 4.97. The molecule has 0 N–H and O–H groups in total. The minimum Gasteiger partial charge on any atom is -0.330 e. The summed E-state index contributed by atoms with van der Waals surface area (Å²) in [6, 6.07) is 11.6. The van der Waals surface area contributed by atoms with Gasteiger partial charge in [0.15, 0.2) is 0 Å². The third-order valence-electron chi connectivity index (χ3n) is 9.68. The fraction of sp³-hybridized carbons (Fsp3) is 0.556. The molecule has 0 saturated heterocycles. The van der Waals surface area contributed by atoms with Crippen LogP contribution in [-0.2, 0) is 6.42 Å². The van der Waals surface area contributed by atoms with E-state index in [4.69, 9.17) is 16.6 Å². The van der Waals surface area contributed by atoms with Gasteiger partial charge in [-0.15, -0.1) is 0 Å². The van der Waals surface area contributed by atoms with Crippen LogP contribution >= 0.6 is 0 Å². The van der Waals surface area contributed by atoms with Gasteiger partial charge in [0.05, 0.1) is 5.70 Å². The zero-order valence-corrected chi connectivity index (χ0v) is 24.9. The molecule has 3 nitrogen and oxygen atoms in total. The van der Waals surface area contributed by atoms with Gasteiger partial charge >= 0.3 is 0 Å². The summed E-state index contributed by atoms with van der Waals surface area (Å²) in [6.45, 7) is 14.8. The zero-order valence-electron chi connectivity index (χ0n) is 24.9. The standard InChI is InChI=1S/C36H49N3/c1-6-29-16-17-32(22-26(29)4)31-14-12-28(13-15-31)24-39(27(5)30-10-8-7-9-11-30)36-23-33(20-21-37-36)35-19-18-34(38-35)25(2)3/h16-17,19-23,25,28,30-31H,5-15,18,24H2,1-4H3. The van der Waals surface area contributed by atoms with Crippen molar-refractivity contribution in [3.63, 3.8) is 0 Å². The Labute approximate surface area is 237 Å². The second kappa shape index (κ2) is 12.7. The monoisotopic (exact) mass is 523 g/mol. The summed E-state index contributed by atoms with van der Waals surface area (Å²) in [7, 11) is 0. The lowest BCUT2D eigenvalue weighted by Crippen LogP contribution is -2.34. The number of aliphatic imine (C=N–C) groups is 1. The van der Waals surface area contributed by atoms with Gasteiger partial charge in [-0.25, -0.2) is 4.98 Å². The predicted molar refractivity (Wildman–Crippen MR) is 167 cm³/mol. The number of nitrogens with zero attached hydrogens (tertiary/aromatic N) is 3. The molecule has 0 spiro atoms. The van der Waals surface area contributed by atoms with Crippen LogP contribution in [0.3, 0.4) is 0 Å². The van der Waals surface area contributed by atoms with E-state index in [-0.39, 0.29) is 0 Å². The molecule has 2 fully saturated rings. The number of anilines is 1. The Kier molecular flexibility index (Phi) is 9.05. The fourth-order valence-corrected chi connectivity index (χ4v) is 7.04. The van der Waals surface area contributed by atoms with Crippen LogP contribution in [0.2, 0.25) is 0 Å². The third-order valence-corrected chi connectivity index (χ3v) is 9.68. The highest BCUT2D eigenvalue weighted by Crippen LogP contribution is 2.39. The SMILES string of the molecule is C=C(C1CCCCC1)N(CC1CCC(c2ccc(CC)c(C)c2)CC1)c1cc(C2=CCC(C(C)C)=N2)ccn1. The van der Waals surface area contributed by atoms with Gasteiger partial charge in [-0.05, 0) is 104 Å². The van der Waals surface area contributed by atoms with E-state index >= 15 is 0 Å². The zero-order chi connectivity index (χ0) is 27.4. The van der Waals surface area contributed by atoms with Crippen LogP contribution in [0.25, 0.3) is 5.70 Å². The van der Waals surface area contributed by atoms with Gasteiger partial charge in [0.2, 0.25) is 0 Å². The van der Waals surface area contributed by atoms with Crippen LogP contribution in [0.1, 0.15) is 113 Å². The minimum atomic E-state index is 0.492. The summed E-state index contributed by atoms with van der Waals surface area (Å²) in [5, 5.41) is 0. The number of rotatable bonds is 9. The minimum absolute atomic E-state index is 0.492. The molecule has 0 unspecified atom stereocenters. The Bertz CT molecular complexity index is 1210. The number of aryl methyl sites for hydroxylation is 2. The molecule has 0 amide bonds. The molecule has 1 aromatic carbocycles. The quantitative estimate of drug-likeness (QED) is 0.327. The Balaban J connectivity index is 1.32. The molecule has 1 aromatic heterocycles. The van der Waals surface area contributed by atoms with E-state index < -0.39 is 0 Å². The predicted octanol–water partition coefficient (Wildman–Crippen LogP) is 9.67. The maximum absolute atomic E-state index is 4.97. The summed E-state index contributed by atoms with van der Waals surface area (Å²) < 4.78 is 0. The summed E-state index contributed by atoms with van der Waals surface area (Å²) in [5.41, 5.74) is 9.36. The first kappa shape index (κ1) is 27.9. The second-order valence-corrected chi connectivity index (χ2v) is 12.6. The first-order chi connectivity index (χ1) is 18.9. The lowest BCUT2D eigenvalue weighted by Gasteiger charge is -2.37. The number of aromatic nitrogens is 1. The number of allylic oxidation sites excluding steroid dienone is 2. The molecule has 1 aliphatic heterocycles. The van der Waals surface area contributed by atoms with Gasteiger partial charge in [-0.2, -0.15) is 0 Å². The third kappa shape index (κ3) is 6.56. The summed E-state index contributed by atoms with van der Waals surface area (Å²) in [4.78, 5) is 12.4. The van der Waals surface area contributed by atoms with Crippen molar-refractivity contribution in [1.82, 2.24) is 4.98 Å². The van der Waals surface area contributed by atoms with Crippen LogP contribution < -0.4 is 4.90 Å². The van der Waals surface area contributed by atoms with Crippen molar-refractivity contribution in [3.05, 3.63) is 77.1 Å². The van der Waals surface area contributed by atoms with E-state index in [1.165, 1.54) is 85.9 Å². The number of hydrogen-bond acceptors (Lipinski definition) is 3. The number of benzene rings is 1. The topological polar surface area (TPSA) is 28.5 Å². The first-order valence-electron chi connectivity index (χ1n) is 15.7. The molecule has 0 radical (unpaired) electrons. The summed E-state index contributed by atoms with van der Waals surface area (Å²) in [6.07, 6.45) is 18.0. The first-order valence-corrected chi connectivity index (χ1v) is 15.7. The highest BCUT2D eigenvalue weighted by molar-refractivity contribution is 5.97. The van der Waals surface area contributed by atoms with Crippen LogP contribution in [0.5, 0.6) is 0 Å². The Morgan fingerprint density at radius 3 is 2.44 bits per heavy atom. The van der Waals surface area contributed by atoms with Gasteiger partial charge in [-0.1, -0.05) is 70.9 Å². The van der Waals surface area contributed by atoms with Gasteiger partial charge < -0.3 is 4.90 Å². The smallest absolute Gasteiger partial charge is 0.133 e. The molecule has 5 rings (SSSR count). The van der Waals surface area contributed by atoms with E-state index in [9.17, 15) is 0 Å². The van der Waals surface area contributed by atoms with Gasteiger partial charge in [0.25, 0.3) is 0 Å². The van der Waals surface area contributed by atoms with Crippen LogP contribution in [0, 0.1) is 24.7 Å². The molecule has 39 heavy (non-hydrogen) atoms.